The SMILES string of the molecule is CCCCCCCCCOC(=O)CCCCCCCN(CCCCCCC(OCCCCCCCC)OCCCCCCCC)CCNC(=O)NC.[HH].[HH]. The van der Waals surface area contributed by atoms with E-state index >= 15 is 0 Å². The molecule has 0 saturated heterocycles. The van der Waals surface area contributed by atoms with Gasteiger partial charge in [0.25, 0.3) is 0 Å². The van der Waals surface area contributed by atoms with Crippen molar-refractivity contribution in [1.29, 1.82) is 0 Å². The van der Waals surface area contributed by atoms with Gasteiger partial charge in [-0.15, -0.1) is 0 Å². The standard InChI is InChI=1S/C44H89N3O5.2H2/c1-5-8-11-14-17-25-30-39-50-42(48)33-26-19-18-21-28-36-47(38-35-46-44(49)45-4)37-29-22-20-27-34-43(51-40-31-23-15-12-9-6-2)52-41-32-24-16-13-10-7-3;;/h43H,5-41H2,1-4H3,(H2,45,46,49);2*1H. The molecule has 0 aromatic rings. The van der Waals surface area contributed by atoms with E-state index in [1.165, 1.54) is 128 Å². The van der Waals surface area contributed by atoms with E-state index in [0.717, 1.165) is 90.6 Å². The van der Waals surface area contributed by atoms with Crippen molar-refractivity contribution in [3.8, 4) is 0 Å². The molecule has 0 fully saturated rings. The summed E-state index contributed by atoms with van der Waals surface area (Å²) in [5, 5.41) is 5.60. The lowest BCUT2D eigenvalue weighted by Gasteiger charge is -2.23. The summed E-state index contributed by atoms with van der Waals surface area (Å²) in [7, 11) is 1.66. The summed E-state index contributed by atoms with van der Waals surface area (Å²) >= 11 is 0. The van der Waals surface area contributed by atoms with Gasteiger partial charge in [-0.05, 0) is 64.5 Å². The second kappa shape index (κ2) is 42.4. The highest BCUT2D eigenvalue weighted by Crippen LogP contribution is 2.15. The number of nitrogens with one attached hydrogen (secondary N) is 2. The van der Waals surface area contributed by atoms with Crippen LogP contribution in [0, 0.1) is 0 Å². The van der Waals surface area contributed by atoms with Crippen LogP contribution in [0.4, 0.5) is 4.79 Å². The Kier molecular flexibility index (Phi) is 41.2. The first-order valence-electron chi connectivity index (χ1n) is 22.6. The first-order valence-corrected chi connectivity index (χ1v) is 22.6. The molecule has 0 aromatic heterocycles. The Hall–Kier alpha value is -1.38. The summed E-state index contributed by atoms with van der Waals surface area (Å²) < 4.78 is 17.9. The van der Waals surface area contributed by atoms with Gasteiger partial charge in [-0.2, -0.15) is 0 Å². The highest BCUT2D eigenvalue weighted by Gasteiger charge is 2.11. The average molecular weight is 744 g/mol. The molecule has 0 rings (SSSR count). The molecule has 8 nitrogen and oxygen atoms in total. The number of nitrogens with zero attached hydrogens (tertiary/aromatic N) is 1. The lowest BCUT2D eigenvalue weighted by molar-refractivity contribution is -0.148. The molecule has 0 saturated carbocycles. The molecule has 0 heterocycles. The van der Waals surface area contributed by atoms with Gasteiger partial charge in [-0.3, -0.25) is 4.79 Å². The minimum absolute atomic E-state index is 0. The molecule has 0 bridgehead atoms. The highest BCUT2D eigenvalue weighted by molar-refractivity contribution is 5.73. The molecule has 0 aliphatic rings. The van der Waals surface area contributed by atoms with E-state index < -0.39 is 0 Å². The quantitative estimate of drug-likeness (QED) is 0.0368. The van der Waals surface area contributed by atoms with Crippen LogP contribution in [0.1, 0.15) is 216 Å². The van der Waals surface area contributed by atoms with Gasteiger partial charge in [-0.25, -0.2) is 4.79 Å². The lowest BCUT2D eigenvalue weighted by Crippen LogP contribution is -2.39. The monoisotopic (exact) mass is 744 g/mol. The van der Waals surface area contributed by atoms with Crippen LogP contribution in [0.15, 0.2) is 0 Å². The van der Waals surface area contributed by atoms with E-state index in [2.05, 4.69) is 36.3 Å². The Balaban J connectivity index is -0.0000130. The normalized spacial score (nSPS) is 11.5. The van der Waals surface area contributed by atoms with Gasteiger partial charge in [0, 0.05) is 42.6 Å². The van der Waals surface area contributed by atoms with E-state index in [1.54, 1.807) is 7.05 Å². The molecule has 0 atom stereocenters. The second-order valence-corrected chi connectivity index (χ2v) is 15.1. The van der Waals surface area contributed by atoms with E-state index in [1.807, 2.05) is 0 Å². The summed E-state index contributed by atoms with van der Waals surface area (Å²) in [5.41, 5.74) is 0. The van der Waals surface area contributed by atoms with Crippen molar-refractivity contribution >= 4 is 12.0 Å². The van der Waals surface area contributed by atoms with Gasteiger partial charge in [0.2, 0.25) is 0 Å². The molecule has 314 valence electrons. The van der Waals surface area contributed by atoms with Crippen molar-refractivity contribution in [1.82, 2.24) is 15.5 Å². The molecule has 0 unspecified atom stereocenters. The van der Waals surface area contributed by atoms with Crippen LogP contribution in [0.3, 0.4) is 0 Å². The molecule has 0 aromatic carbocycles. The number of esters is 1. The van der Waals surface area contributed by atoms with E-state index in [4.69, 9.17) is 14.2 Å². The van der Waals surface area contributed by atoms with Crippen LogP contribution in [0.5, 0.6) is 0 Å². The van der Waals surface area contributed by atoms with Crippen molar-refractivity contribution in [2.75, 3.05) is 53.0 Å². The Morgan fingerprint density at radius 2 is 0.942 bits per heavy atom. The fraction of sp³-hybridized carbons (Fsp3) is 0.955. The van der Waals surface area contributed by atoms with Crippen molar-refractivity contribution in [3.63, 3.8) is 0 Å². The summed E-state index contributed by atoms with van der Waals surface area (Å²) in [6.07, 6.45) is 35.7. The van der Waals surface area contributed by atoms with Crippen LogP contribution >= 0.6 is 0 Å². The van der Waals surface area contributed by atoms with Gasteiger partial charge < -0.3 is 29.7 Å². The average Bonchev–Trinajstić information content (AvgIpc) is 3.15. The molecular formula is C44H93N3O5. The van der Waals surface area contributed by atoms with Crippen molar-refractivity contribution in [3.05, 3.63) is 0 Å². The Labute approximate surface area is 326 Å². The van der Waals surface area contributed by atoms with E-state index in [0.29, 0.717) is 19.6 Å². The van der Waals surface area contributed by atoms with Gasteiger partial charge in [0.1, 0.15) is 0 Å². The van der Waals surface area contributed by atoms with Crippen LogP contribution in [0.25, 0.3) is 0 Å². The summed E-state index contributed by atoms with van der Waals surface area (Å²) in [5.74, 6) is -0.0299. The number of carbonyl (C=O) groups excluding carboxylic acids is 2. The summed E-state index contributed by atoms with van der Waals surface area (Å²) in [6, 6.07) is -0.118. The summed E-state index contributed by atoms with van der Waals surface area (Å²) in [4.78, 5) is 26.3. The number of hydrogen-bond donors (Lipinski definition) is 2. The zero-order valence-electron chi connectivity index (χ0n) is 35.2. The maximum absolute atomic E-state index is 12.1. The molecule has 52 heavy (non-hydrogen) atoms. The van der Waals surface area contributed by atoms with Crippen LogP contribution in [0.2, 0.25) is 0 Å². The Bertz CT molecular complexity index is 735. The molecule has 0 radical (unpaired) electrons. The number of hydrogen-bond acceptors (Lipinski definition) is 6. The fourth-order valence-electron chi connectivity index (χ4n) is 6.61. The summed E-state index contributed by atoms with van der Waals surface area (Å²) in [6.45, 7) is 12.6. The van der Waals surface area contributed by atoms with Gasteiger partial charge in [0.05, 0.1) is 6.61 Å². The first kappa shape index (κ1) is 50.6. The number of ether oxygens (including phenoxy) is 3. The number of urea groups is 1. The second-order valence-electron chi connectivity index (χ2n) is 15.1. The molecular weight excluding hydrogens is 651 g/mol. The van der Waals surface area contributed by atoms with Crippen molar-refractivity contribution in [2.45, 2.75) is 220 Å². The predicted octanol–water partition coefficient (Wildman–Crippen LogP) is 12.4. The first-order chi connectivity index (χ1) is 25.6. The lowest BCUT2D eigenvalue weighted by atomic mass is 10.1. The van der Waals surface area contributed by atoms with Gasteiger partial charge in [0.15, 0.2) is 6.29 Å². The Morgan fingerprint density at radius 1 is 0.519 bits per heavy atom. The zero-order valence-corrected chi connectivity index (χ0v) is 35.2. The molecule has 0 aliphatic carbocycles. The van der Waals surface area contributed by atoms with Gasteiger partial charge in [-0.1, -0.05) is 156 Å². The Morgan fingerprint density at radius 3 is 1.44 bits per heavy atom. The van der Waals surface area contributed by atoms with E-state index in [-0.39, 0.29) is 21.1 Å². The third kappa shape index (κ3) is 38.3. The van der Waals surface area contributed by atoms with Crippen LogP contribution in [-0.4, -0.2) is 76.2 Å². The van der Waals surface area contributed by atoms with Crippen molar-refractivity contribution < 1.29 is 26.7 Å². The van der Waals surface area contributed by atoms with E-state index in [9.17, 15) is 9.59 Å². The number of unbranched alkanes of at least 4 members (excludes halogenated alkanes) is 23. The minimum Gasteiger partial charge on any atom is -0.466 e. The smallest absolute Gasteiger partial charge is 0.314 e. The topological polar surface area (TPSA) is 89.1 Å². The van der Waals surface area contributed by atoms with Crippen LogP contribution in [-0.2, 0) is 19.0 Å². The van der Waals surface area contributed by atoms with Crippen molar-refractivity contribution in [2.24, 2.45) is 0 Å². The largest absolute Gasteiger partial charge is 0.466 e. The van der Waals surface area contributed by atoms with Crippen LogP contribution < -0.4 is 10.6 Å². The molecule has 2 amide bonds. The number of rotatable bonds is 42. The number of amides is 2. The predicted molar refractivity (Wildman–Crippen MR) is 225 cm³/mol. The highest BCUT2D eigenvalue weighted by atomic mass is 16.7. The third-order valence-corrected chi connectivity index (χ3v) is 10.1. The third-order valence-electron chi connectivity index (χ3n) is 10.1. The molecule has 2 N–H and O–H groups in total. The number of carbonyl (C=O) groups is 2. The van der Waals surface area contributed by atoms with Gasteiger partial charge >= 0.3 is 12.0 Å². The fourth-order valence-corrected chi connectivity index (χ4v) is 6.61. The molecule has 0 spiro atoms. The minimum atomic E-state index is -0.118. The maximum Gasteiger partial charge on any atom is 0.314 e. The zero-order chi connectivity index (χ0) is 38.0. The maximum atomic E-state index is 12.1. The molecule has 0 aliphatic heterocycles. The molecule has 8 heteroatoms.